The van der Waals surface area contributed by atoms with Gasteiger partial charge >= 0.3 is 0 Å². The van der Waals surface area contributed by atoms with E-state index in [4.69, 9.17) is 11.6 Å². The molecular weight excluding hydrogens is 208 g/mol. The van der Waals surface area contributed by atoms with Crippen LogP contribution in [0, 0.1) is 0 Å². The van der Waals surface area contributed by atoms with Crippen molar-refractivity contribution in [3.63, 3.8) is 0 Å². The van der Waals surface area contributed by atoms with E-state index < -0.39 is 0 Å². The molecule has 0 aliphatic rings. The highest BCUT2D eigenvalue weighted by Crippen LogP contribution is 2.31. The van der Waals surface area contributed by atoms with Crippen molar-refractivity contribution in [2.45, 2.75) is 19.8 Å². The third-order valence-corrected chi connectivity index (χ3v) is 2.75. The third kappa shape index (κ3) is 1.90. The van der Waals surface area contributed by atoms with Gasteiger partial charge in [-0.15, -0.1) is 0 Å². The minimum absolute atomic E-state index is 0.440. The van der Waals surface area contributed by atoms with Gasteiger partial charge in [-0.3, -0.25) is 5.10 Å². The Kier molecular flexibility index (Phi) is 2.78. The molecule has 0 bridgehead atoms. The van der Waals surface area contributed by atoms with Crippen molar-refractivity contribution in [3.8, 4) is 11.3 Å². The maximum absolute atomic E-state index is 6.14. The number of aromatic nitrogens is 2. The molecule has 78 valence electrons. The highest BCUT2D eigenvalue weighted by atomic mass is 35.5. The van der Waals surface area contributed by atoms with Crippen molar-refractivity contribution < 1.29 is 0 Å². The van der Waals surface area contributed by atoms with Crippen LogP contribution in [-0.4, -0.2) is 10.2 Å². The maximum Gasteiger partial charge on any atom is 0.0970 e. The van der Waals surface area contributed by atoms with E-state index in [2.05, 4.69) is 24.0 Å². The zero-order valence-electron chi connectivity index (χ0n) is 8.79. The number of nitrogens with zero attached hydrogens (tertiary/aromatic N) is 1. The Morgan fingerprint density at radius 1 is 1.27 bits per heavy atom. The summed E-state index contributed by atoms with van der Waals surface area (Å²) in [5.74, 6) is 0.440. The number of hydrogen-bond acceptors (Lipinski definition) is 1. The lowest BCUT2D eigenvalue weighted by molar-refractivity contribution is 0.870. The van der Waals surface area contributed by atoms with Gasteiger partial charge in [0.1, 0.15) is 0 Å². The molecule has 1 aromatic heterocycles. The van der Waals surface area contributed by atoms with E-state index in [0.29, 0.717) is 5.92 Å². The summed E-state index contributed by atoms with van der Waals surface area (Å²) in [7, 11) is 0. The molecule has 2 rings (SSSR count). The fourth-order valence-corrected chi connectivity index (χ4v) is 1.83. The molecule has 0 spiro atoms. The van der Waals surface area contributed by atoms with Gasteiger partial charge in [0.25, 0.3) is 0 Å². The third-order valence-electron chi connectivity index (χ3n) is 2.42. The molecule has 0 saturated heterocycles. The maximum atomic E-state index is 6.14. The van der Waals surface area contributed by atoms with Crippen LogP contribution in [-0.2, 0) is 0 Å². The van der Waals surface area contributed by atoms with Crippen LogP contribution in [0.25, 0.3) is 11.3 Å². The lowest BCUT2D eigenvalue weighted by atomic mass is 10.00. The normalized spacial score (nSPS) is 10.9. The van der Waals surface area contributed by atoms with Crippen molar-refractivity contribution in [1.82, 2.24) is 10.2 Å². The van der Waals surface area contributed by atoms with Crippen LogP contribution in [0.4, 0.5) is 0 Å². The highest BCUT2D eigenvalue weighted by Gasteiger charge is 2.13. The molecule has 1 heterocycles. The predicted molar refractivity (Wildman–Crippen MR) is 63.1 cm³/mol. The van der Waals surface area contributed by atoms with Crippen LogP contribution in [0.2, 0.25) is 5.02 Å². The van der Waals surface area contributed by atoms with Crippen molar-refractivity contribution in [3.05, 3.63) is 41.0 Å². The van der Waals surface area contributed by atoms with E-state index in [-0.39, 0.29) is 0 Å². The molecule has 0 radical (unpaired) electrons. The summed E-state index contributed by atoms with van der Waals surface area (Å²) in [6.45, 7) is 4.29. The van der Waals surface area contributed by atoms with Crippen molar-refractivity contribution in [2.75, 3.05) is 0 Å². The quantitative estimate of drug-likeness (QED) is 0.818. The van der Waals surface area contributed by atoms with Crippen LogP contribution in [0.3, 0.4) is 0 Å². The zero-order chi connectivity index (χ0) is 10.8. The molecule has 0 amide bonds. The first-order valence-electron chi connectivity index (χ1n) is 4.98. The van der Waals surface area contributed by atoms with Crippen LogP contribution < -0.4 is 0 Å². The van der Waals surface area contributed by atoms with E-state index in [9.17, 15) is 0 Å². The molecule has 0 unspecified atom stereocenters. The van der Waals surface area contributed by atoms with Crippen LogP contribution in [0.1, 0.15) is 25.3 Å². The topological polar surface area (TPSA) is 28.7 Å². The predicted octanol–water partition coefficient (Wildman–Crippen LogP) is 3.85. The van der Waals surface area contributed by atoms with Gasteiger partial charge < -0.3 is 0 Å². The summed E-state index contributed by atoms with van der Waals surface area (Å²) >= 11 is 6.14. The second kappa shape index (κ2) is 4.07. The fraction of sp³-hybridized carbons (Fsp3) is 0.250. The average Bonchev–Trinajstić information content (AvgIpc) is 2.67. The first-order chi connectivity index (χ1) is 7.20. The minimum atomic E-state index is 0.440. The SMILES string of the molecule is CC(C)c1c[nH]nc1-c1ccccc1Cl. The number of hydrogen-bond donors (Lipinski definition) is 1. The number of rotatable bonds is 2. The summed E-state index contributed by atoms with van der Waals surface area (Å²) in [4.78, 5) is 0. The monoisotopic (exact) mass is 220 g/mol. The molecule has 0 fully saturated rings. The fourth-order valence-electron chi connectivity index (χ4n) is 1.61. The van der Waals surface area contributed by atoms with Gasteiger partial charge in [0.05, 0.1) is 10.7 Å². The van der Waals surface area contributed by atoms with Gasteiger partial charge in [0.2, 0.25) is 0 Å². The molecule has 3 heteroatoms. The van der Waals surface area contributed by atoms with E-state index in [1.807, 2.05) is 30.5 Å². The number of halogens is 1. The molecule has 0 aliphatic carbocycles. The van der Waals surface area contributed by atoms with Crippen LogP contribution >= 0.6 is 11.6 Å². The molecule has 0 atom stereocenters. The van der Waals surface area contributed by atoms with Gasteiger partial charge in [-0.25, -0.2) is 0 Å². The second-order valence-electron chi connectivity index (χ2n) is 3.82. The van der Waals surface area contributed by atoms with Crippen molar-refractivity contribution in [1.29, 1.82) is 0 Å². The Morgan fingerprint density at radius 2 is 2.00 bits per heavy atom. The van der Waals surface area contributed by atoms with Gasteiger partial charge in [0.15, 0.2) is 0 Å². The number of aromatic amines is 1. The Hall–Kier alpha value is -1.28. The molecular formula is C12H13ClN2. The molecule has 2 aromatic rings. The summed E-state index contributed by atoms with van der Waals surface area (Å²) in [5.41, 5.74) is 3.14. The molecule has 0 aliphatic heterocycles. The number of nitrogens with one attached hydrogen (secondary N) is 1. The lowest BCUT2D eigenvalue weighted by Crippen LogP contribution is -1.89. The number of H-pyrrole nitrogens is 1. The van der Waals surface area contributed by atoms with E-state index in [1.165, 1.54) is 5.56 Å². The lowest BCUT2D eigenvalue weighted by Gasteiger charge is -2.06. The zero-order valence-corrected chi connectivity index (χ0v) is 9.55. The van der Waals surface area contributed by atoms with Crippen molar-refractivity contribution in [2.24, 2.45) is 0 Å². The largest absolute Gasteiger partial charge is 0.285 e. The smallest absolute Gasteiger partial charge is 0.0970 e. The van der Waals surface area contributed by atoms with Gasteiger partial charge in [-0.05, 0) is 12.0 Å². The number of benzene rings is 1. The summed E-state index contributed by atoms with van der Waals surface area (Å²) in [5, 5.41) is 7.90. The summed E-state index contributed by atoms with van der Waals surface area (Å²) in [6, 6.07) is 7.77. The molecule has 15 heavy (non-hydrogen) atoms. The second-order valence-corrected chi connectivity index (χ2v) is 4.23. The average molecular weight is 221 g/mol. The first-order valence-corrected chi connectivity index (χ1v) is 5.36. The minimum Gasteiger partial charge on any atom is -0.285 e. The van der Waals surface area contributed by atoms with E-state index in [1.54, 1.807) is 0 Å². The van der Waals surface area contributed by atoms with Crippen LogP contribution in [0.15, 0.2) is 30.5 Å². The van der Waals surface area contributed by atoms with Crippen molar-refractivity contribution >= 4 is 11.6 Å². The highest BCUT2D eigenvalue weighted by molar-refractivity contribution is 6.33. The van der Waals surface area contributed by atoms with E-state index in [0.717, 1.165) is 16.3 Å². The standard InChI is InChI=1S/C12H13ClN2/c1-8(2)10-7-14-15-12(10)9-5-3-4-6-11(9)13/h3-8H,1-2H3,(H,14,15). The Bertz CT molecular complexity index is 460. The summed E-state index contributed by atoms with van der Waals surface area (Å²) in [6.07, 6.45) is 1.93. The molecule has 1 aromatic carbocycles. The summed E-state index contributed by atoms with van der Waals surface area (Å²) < 4.78 is 0. The first kappa shape index (κ1) is 10.2. The van der Waals surface area contributed by atoms with Gasteiger partial charge in [-0.1, -0.05) is 43.6 Å². The molecule has 1 N–H and O–H groups in total. The van der Waals surface area contributed by atoms with Gasteiger partial charge in [-0.2, -0.15) is 5.10 Å². The molecule has 2 nitrogen and oxygen atoms in total. The Morgan fingerprint density at radius 3 is 2.67 bits per heavy atom. The van der Waals surface area contributed by atoms with E-state index >= 15 is 0 Å². The Balaban J connectivity index is 2.55. The van der Waals surface area contributed by atoms with Gasteiger partial charge in [0, 0.05) is 17.3 Å². The molecule has 0 saturated carbocycles. The Labute approximate surface area is 94.3 Å². The van der Waals surface area contributed by atoms with Crippen LogP contribution in [0.5, 0.6) is 0 Å².